The molecule has 0 amide bonds. The van der Waals surface area contributed by atoms with Gasteiger partial charge in [0.05, 0.1) is 5.92 Å². The summed E-state index contributed by atoms with van der Waals surface area (Å²) in [4.78, 5) is 11.2. The molecule has 0 saturated carbocycles. The third-order valence-corrected chi connectivity index (χ3v) is 3.63. The first kappa shape index (κ1) is 11.1. The Morgan fingerprint density at radius 3 is 2.81 bits per heavy atom. The van der Waals surface area contributed by atoms with Gasteiger partial charge in [0.2, 0.25) is 0 Å². The second-order valence-corrected chi connectivity index (χ2v) is 4.95. The molecule has 3 heteroatoms. The number of rotatable bonds is 1. The molecule has 0 saturated heterocycles. The molecule has 0 spiro atoms. The highest BCUT2D eigenvalue weighted by Gasteiger charge is 2.40. The number of carboxylic acid groups (broad SMARTS) is 1. The zero-order chi connectivity index (χ0) is 11.9. The van der Waals surface area contributed by atoms with Gasteiger partial charge in [-0.3, -0.25) is 4.79 Å². The van der Waals surface area contributed by atoms with Crippen molar-refractivity contribution in [2.75, 3.05) is 0 Å². The third-order valence-electron chi connectivity index (χ3n) is 3.63. The number of aryl methyl sites for hydroxylation is 1. The molecule has 0 fully saturated rings. The molecule has 1 aliphatic carbocycles. The lowest BCUT2D eigenvalue weighted by molar-refractivity contribution is -0.144. The maximum atomic E-state index is 13.1. The van der Waals surface area contributed by atoms with Crippen LogP contribution in [-0.4, -0.2) is 11.1 Å². The fourth-order valence-electron chi connectivity index (χ4n) is 2.68. The summed E-state index contributed by atoms with van der Waals surface area (Å²) in [5.74, 6) is -1.39. The normalized spacial score (nSPS) is 22.6. The highest BCUT2D eigenvalue weighted by atomic mass is 19.1. The van der Waals surface area contributed by atoms with E-state index in [0.29, 0.717) is 12.8 Å². The van der Waals surface area contributed by atoms with Crippen molar-refractivity contribution >= 4 is 5.97 Å². The first-order valence-electron chi connectivity index (χ1n) is 5.44. The van der Waals surface area contributed by atoms with Gasteiger partial charge < -0.3 is 5.11 Å². The van der Waals surface area contributed by atoms with Gasteiger partial charge in [0.1, 0.15) is 5.82 Å². The molecule has 2 rings (SSSR count). The zero-order valence-corrected chi connectivity index (χ0v) is 9.46. The Hall–Kier alpha value is -1.38. The maximum absolute atomic E-state index is 13.1. The Labute approximate surface area is 94.1 Å². The van der Waals surface area contributed by atoms with Crippen molar-refractivity contribution < 1.29 is 14.3 Å². The van der Waals surface area contributed by atoms with Gasteiger partial charge >= 0.3 is 5.97 Å². The topological polar surface area (TPSA) is 37.3 Å². The minimum Gasteiger partial charge on any atom is -0.481 e. The van der Waals surface area contributed by atoms with Crippen LogP contribution in [0.1, 0.15) is 31.4 Å². The van der Waals surface area contributed by atoms with Crippen LogP contribution in [0.25, 0.3) is 0 Å². The summed E-state index contributed by atoms with van der Waals surface area (Å²) < 4.78 is 13.1. The van der Waals surface area contributed by atoms with Crippen LogP contribution in [0.4, 0.5) is 4.39 Å². The largest absolute Gasteiger partial charge is 0.481 e. The molecule has 0 heterocycles. The standard InChI is InChI=1S/C13H15FO2/c1-13(2)10-6-4-9(14)7-8(10)3-5-11(13)12(15)16/h4,6-7,11H,3,5H2,1-2H3,(H,15,16). The summed E-state index contributed by atoms with van der Waals surface area (Å²) in [5.41, 5.74) is 1.49. The predicted octanol–water partition coefficient (Wildman–Crippen LogP) is 2.75. The molecule has 1 N–H and O–H groups in total. The van der Waals surface area contributed by atoms with E-state index < -0.39 is 11.4 Å². The highest BCUT2D eigenvalue weighted by Crippen LogP contribution is 2.41. The van der Waals surface area contributed by atoms with Gasteiger partial charge in [-0.05, 0) is 36.1 Å². The van der Waals surface area contributed by atoms with E-state index in [1.807, 2.05) is 13.8 Å². The number of hydrogen-bond donors (Lipinski definition) is 1. The molecule has 0 bridgehead atoms. The van der Waals surface area contributed by atoms with Gasteiger partial charge in [0.15, 0.2) is 0 Å². The van der Waals surface area contributed by atoms with Crippen molar-refractivity contribution in [3.05, 3.63) is 35.1 Å². The Morgan fingerprint density at radius 2 is 2.19 bits per heavy atom. The van der Waals surface area contributed by atoms with Crippen molar-refractivity contribution in [2.24, 2.45) is 5.92 Å². The Morgan fingerprint density at radius 1 is 1.50 bits per heavy atom. The molecule has 1 aromatic rings. The fourth-order valence-corrected chi connectivity index (χ4v) is 2.68. The van der Waals surface area contributed by atoms with Crippen LogP contribution in [0.3, 0.4) is 0 Å². The van der Waals surface area contributed by atoms with Crippen molar-refractivity contribution in [1.29, 1.82) is 0 Å². The second-order valence-electron chi connectivity index (χ2n) is 4.95. The summed E-state index contributed by atoms with van der Waals surface area (Å²) in [6.07, 6.45) is 1.23. The van der Waals surface area contributed by atoms with Gasteiger partial charge in [-0.15, -0.1) is 0 Å². The number of hydrogen-bond acceptors (Lipinski definition) is 1. The van der Waals surface area contributed by atoms with Crippen LogP contribution in [-0.2, 0) is 16.6 Å². The van der Waals surface area contributed by atoms with Crippen molar-refractivity contribution in [3.63, 3.8) is 0 Å². The Bertz CT molecular complexity index is 438. The number of aliphatic carboxylic acids is 1. The first-order valence-corrected chi connectivity index (χ1v) is 5.44. The van der Waals surface area contributed by atoms with E-state index >= 15 is 0 Å². The van der Waals surface area contributed by atoms with Gasteiger partial charge in [-0.1, -0.05) is 19.9 Å². The Kier molecular flexibility index (Phi) is 2.49. The van der Waals surface area contributed by atoms with Crippen LogP contribution in [0, 0.1) is 11.7 Å². The summed E-state index contributed by atoms with van der Waals surface area (Å²) in [7, 11) is 0. The molecule has 16 heavy (non-hydrogen) atoms. The minimum absolute atomic E-state index is 0.247. The number of halogens is 1. The van der Waals surface area contributed by atoms with Crippen LogP contribution < -0.4 is 0 Å². The molecule has 1 aliphatic rings. The molecule has 0 aliphatic heterocycles. The van der Waals surface area contributed by atoms with Gasteiger partial charge in [0.25, 0.3) is 0 Å². The van der Waals surface area contributed by atoms with Crippen molar-refractivity contribution in [3.8, 4) is 0 Å². The second kappa shape index (κ2) is 3.58. The van der Waals surface area contributed by atoms with Crippen LogP contribution in [0.2, 0.25) is 0 Å². The van der Waals surface area contributed by atoms with Gasteiger partial charge in [0, 0.05) is 5.41 Å². The molecule has 1 unspecified atom stereocenters. The number of carbonyl (C=O) groups is 1. The number of fused-ring (bicyclic) bond motifs is 1. The third kappa shape index (κ3) is 1.60. The maximum Gasteiger partial charge on any atom is 0.307 e. The van der Waals surface area contributed by atoms with Gasteiger partial charge in [-0.25, -0.2) is 4.39 Å². The van der Waals surface area contributed by atoms with E-state index in [4.69, 9.17) is 0 Å². The van der Waals surface area contributed by atoms with Crippen LogP contribution in [0.15, 0.2) is 18.2 Å². The lowest BCUT2D eigenvalue weighted by Gasteiger charge is -2.38. The molecule has 86 valence electrons. The predicted molar refractivity (Wildman–Crippen MR) is 58.9 cm³/mol. The smallest absolute Gasteiger partial charge is 0.307 e. The number of benzene rings is 1. The summed E-state index contributed by atoms with van der Waals surface area (Å²) >= 11 is 0. The monoisotopic (exact) mass is 222 g/mol. The van der Waals surface area contributed by atoms with E-state index in [9.17, 15) is 14.3 Å². The van der Waals surface area contributed by atoms with E-state index in [0.717, 1.165) is 11.1 Å². The quantitative estimate of drug-likeness (QED) is 0.793. The molecule has 1 aromatic carbocycles. The molecule has 0 aromatic heterocycles. The molecule has 2 nitrogen and oxygen atoms in total. The van der Waals surface area contributed by atoms with E-state index in [1.165, 1.54) is 12.1 Å². The molecular weight excluding hydrogens is 207 g/mol. The average molecular weight is 222 g/mol. The average Bonchev–Trinajstić information content (AvgIpc) is 2.15. The molecule has 0 radical (unpaired) electrons. The van der Waals surface area contributed by atoms with E-state index in [2.05, 4.69) is 0 Å². The number of carboxylic acids is 1. The van der Waals surface area contributed by atoms with Crippen LogP contribution in [0.5, 0.6) is 0 Å². The SMILES string of the molecule is CC1(C)c2ccc(F)cc2CCC1C(=O)O. The Balaban J connectivity index is 2.50. The lowest BCUT2D eigenvalue weighted by Crippen LogP contribution is -2.39. The van der Waals surface area contributed by atoms with E-state index in [-0.39, 0.29) is 11.7 Å². The molecular formula is C13H15FO2. The van der Waals surface area contributed by atoms with E-state index in [1.54, 1.807) is 6.07 Å². The molecule has 1 atom stereocenters. The zero-order valence-electron chi connectivity index (χ0n) is 9.46. The highest BCUT2D eigenvalue weighted by molar-refractivity contribution is 5.73. The fraction of sp³-hybridized carbons (Fsp3) is 0.462. The summed E-state index contributed by atoms with van der Waals surface area (Å²) in [6, 6.07) is 4.65. The van der Waals surface area contributed by atoms with Gasteiger partial charge in [-0.2, -0.15) is 0 Å². The minimum atomic E-state index is -0.764. The van der Waals surface area contributed by atoms with Crippen molar-refractivity contribution in [1.82, 2.24) is 0 Å². The lowest BCUT2D eigenvalue weighted by atomic mass is 9.65. The summed E-state index contributed by atoms with van der Waals surface area (Å²) in [6.45, 7) is 3.84. The van der Waals surface area contributed by atoms with Crippen LogP contribution >= 0.6 is 0 Å². The first-order chi connectivity index (χ1) is 7.43. The summed E-state index contributed by atoms with van der Waals surface area (Å²) in [5, 5.41) is 9.18. The van der Waals surface area contributed by atoms with Crippen molar-refractivity contribution in [2.45, 2.75) is 32.1 Å².